The molecule has 1 aliphatic rings. The molecule has 2 heterocycles. The van der Waals surface area contributed by atoms with Crippen molar-refractivity contribution in [3.05, 3.63) is 26.6 Å². The number of aromatic nitrogens is 2. The third-order valence-corrected chi connectivity index (χ3v) is 4.90. The van der Waals surface area contributed by atoms with E-state index in [1.54, 1.807) is 4.57 Å². The number of fused-ring (bicyclic) bond motifs is 1. The molecular formula is C13H17N3OS2. The maximum atomic E-state index is 12.4. The highest BCUT2D eigenvalue weighted by Crippen LogP contribution is 2.26. The highest BCUT2D eigenvalue weighted by atomic mass is 32.1. The molecule has 1 saturated carbocycles. The topological polar surface area (TPSA) is 41.0 Å². The minimum atomic E-state index is 0.0422. The molecule has 1 fully saturated rings. The predicted molar refractivity (Wildman–Crippen MR) is 81.5 cm³/mol. The van der Waals surface area contributed by atoms with E-state index in [9.17, 15) is 4.79 Å². The van der Waals surface area contributed by atoms with Crippen LogP contribution in [0.4, 0.5) is 0 Å². The third-order valence-electron chi connectivity index (χ3n) is 3.67. The summed E-state index contributed by atoms with van der Waals surface area (Å²) in [6.45, 7) is 4.78. The van der Waals surface area contributed by atoms with Crippen molar-refractivity contribution in [3.63, 3.8) is 0 Å². The quantitative estimate of drug-likeness (QED) is 0.862. The fourth-order valence-corrected chi connectivity index (χ4v) is 3.52. The molecule has 0 bridgehead atoms. The van der Waals surface area contributed by atoms with Crippen LogP contribution in [-0.2, 0) is 6.54 Å². The lowest BCUT2D eigenvalue weighted by Crippen LogP contribution is -2.33. The molecule has 6 heteroatoms. The normalized spacial score (nSPS) is 15.5. The summed E-state index contributed by atoms with van der Waals surface area (Å²) in [7, 11) is 0. The van der Waals surface area contributed by atoms with Gasteiger partial charge in [-0.2, -0.15) is 0 Å². The SMILES string of the molecule is CCN(CCn1c(=S)[nH]c2ccsc2c1=O)C1CC1. The molecule has 0 aromatic carbocycles. The van der Waals surface area contributed by atoms with Gasteiger partial charge in [0.15, 0.2) is 4.77 Å². The van der Waals surface area contributed by atoms with Gasteiger partial charge in [-0.1, -0.05) is 6.92 Å². The number of thiophene rings is 1. The first kappa shape index (κ1) is 13.0. The van der Waals surface area contributed by atoms with Crippen molar-refractivity contribution in [1.82, 2.24) is 14.5 Å². The maximum Gasteiger partial charge on any atom is 0.272 e. The highest BCUT2D eigenvalue weighted by molar-refractivity contribution is 7.71. The Kier molecular flexibility index (Phi) is 3.56. The van der Waals surface area contributed by atoms with Crippen molar-refractivity contribution >= 4 is 33.8 Å². The summed E-state index contributed by atoms with van der Waals surface area (Å²) < 4.78 is 2.99. The molecule has 1 N–H and O–H groups in total. The highest BCUT2D eigenvalue weighted by Gasteiger charge is 2.27. The number of H-pyrrole nitrogens is 1. The summed E-state index contributed by atoms with van der Waals surface area (Å²) in [6.07, 6.45) is 2.58. The zero-order chi connectivity index (χ0) is 13.4. The summed E-state index contributed by atoms with van der Waals surface area (Å²) in [4.78, 5) is 17.9. The molecule has 0 unspecified atom stereocenters. The van der Waals surface area contributed by atoms with Crippen LogP contribution in [0.25, 0.3) is 10.2 Å². The van der Waals surface area contributed by atoms with E-state index in [0.29, 0.717) is 11.3 Å². The van der Waals surface area contributed by atoms with Crippen LogP contribution in [0.2, 0.25) is 0 Å². The van der Waals surface area contributed by atoms with E-state index < -0.39 is 0 Å². The molecule has 102 valence electrons. The van der Waals surface area contributed by atoms with Crippen LogP contribution in [0.15, 0.2) is 16.2 Å². The van der Waals surface area contributed by atoms with Crippen molar-refractivity contribution in [2.75, 3.05) is 13.1 Å². The van der Waals surface area contributed by atoms with Gasteiger partial charge >= 0.3 is 0 Å². The van der Waals surface area contributed by atoms with E-state index in [-0.39, 0.29) is 5.56 Å². The standard InChI is InChI=1S/C13H17N3OS2/c1-2-15(9-3-4-9)6-7-16-12(17)11-10(5-8-19-11)14-13(16)18/h5,8-9H,2-4,6-7H2,1H3,(H,14,18). The predicted octanol–water partition coefficient (Wildman–Crippen LogP) is 2.60. The molecule has 2 aromatic heterocycles. The Morgan fingerprint density at radius 3 is 3.05 bits per heavy atom. The van der Waals surface area contributed by atoms with E-state index in [2.05, 4.69) is 16.8 Å². The summed E-state index contributed by atoms with van der Waals surface area (Å²) in [5.41, 5.74) is 0.895. The van der Waals surface area contributed by atoms with Gasteiger partial charge in [0.05, 0.1) is 5.52 Å². The fraction of sp³-hybridized carbons (Fsp3) is 0.538. The molecule has 0 radical (unpaired) electrons. The Morgan fingerprint density at radius 1 is 1.58 bits per heavy atom. The van der Waals surface area contributed by atoms with Gasteiger partial charge in [-0.05, 0) is 43.1 Å². The first-order valence-corrected chi connectivity index (χ1v) is 7.94. The summed E-state index contributed by atoms with van der Waals surface area (Å²) in [6, 6.07) is 2.63. The minimum absolute atomic E-state index is 0.0422. The molecular weight excluding hydrogens is 278 g/mol. The monoisotopic (exact) mass is 295 g/mol. The molecule has 0 spiro atoms. The lowest BCUT2D eigenvalue weighted by Gasteiger charge is -2.20. The van der Waals surface area contributed by atoms with E-state index in [1.165, 1.54) is 24.2 Å². The number of hydrogen-bond acceptors (Lipinski definition) is 4. The molecule has 19 heavy (non-hydrogen) atoms. The van der Waals surface area contributed by atoms with Gasteiger partial charge in [0, 0.05) is 19.1 Å². The minimum Gasteiger partial charge on any atom is -0.331 e. The van der Waals surface area contributed by atoms with Crippen LogP contribution >= 0.6 is 23.6 Å². The molecule has 3 rings (SSSR count). The molecule has 4 nitrogen and oxygen atoms in total. The van der Waals surface area contributed by atoms with E-state index in [1.807, 2.05) is 11.4 Å². The average molecular weight is 295 g/mol. The van der Waals surface area contributed by atoms with E-state index >= 15 is 0 Å². The van der Waals surface area contributed by atoms with Crippen LogP contribution in [0, 0.1) is 4.77 Å². The van der Waals surface area contributed by atoms with Crippen LogP contribution in [0.1, 0.15) is 19.8 Å². The van der Waals surface area contributed by atoms with Gasteiger partial charge in [-0.3, -0.25) is 14.3 Å². The molecule has 0 amide bonds. The largest absolute Gasteiger partial charge is 0.331 e. The van der Waals surface area contributed by atoms with Crippen LogP contribution in [-0.4, -0.2) is 33.6 Å². The van der Waals surface area contributed by atoms with Crippen molar-refractivity contribution in [3.8, 4) is 0 Å². The van der Waals surface area contributed by atoms with Crippen molar-refractivity contribution in [2.24, 2.45) is 0 Å². The molecule has 0 atom stereocenters. The zero-order valence-electron chi connectivity index (χ0n) is 10.9. The Hall–Kier alpha value is -0.980. The number of hydrogen-bond donors (Lipinski definition) is 1. The summed E-state index contributed by atoms with van der Waals surface area (Å²) >= 11 is 6.77. The number of nitrogens with zero attached hydrogens (tertiary/aromatic N) is 2. The second-order valence-electron chi connectivity index (χ2n) is 4.91. The Bertz CT molecular complexity index is 696. The Balaban J connectivity index is 1.87. The second kappa shape index (κ2) is 5.19. The van der Waals surface area contributed by atoms with Crippen molar-refractivity contribution in [1.29, 1.82) is 0 Å². The van der Waals surface area contributed by atoms with E-state index in [4.69, 9.17) is 12.2 Å². The first-order chi connectivity index (χ1) is 9.20. The number of likely N-dealkylation sites (N-methyl/N-ethyl adjacent to an activating group) is 1. The van der Waals surface area contributed by atoms with Gasteiger partial charge < -0.3 is 4.98 Å². The molecule has 2 aromatic rings. The average Bonchev–Trinajstić information content (AvgIpc) is 3.12. The fourth-order valence-electron chi connectivity index (χ4n) is 2.44. The summed E-state index contributed by atoms with van der Waals surface area (Å²) in [5, 5.41) is 1.92. The third kappa shape index (κ3) is 2.52. The van der Waals surface area contributed by atoms with Crippen LogP contribution < -0.4 is 5.56 Å². The van der Waals surface area contributed by atoms with Gasteiger partial charge in [0.2, 0.25) is 0 Å². The maximum absolute atomic E-state index is 12.4. The van der Waals surface area contributed by atoms with Crippen LogP contribution in [0.3, 0.4) is 0 Å². The van der Waals surface area contributed by atoms with Crippen LogP contribution in [0.5, 0.6) is 0 Å². The lowest BCUT2D eigenvalue weighted by atomic mass is 10.4. The number of nitrogens with one attached hydrogen (secondary N) is 1. The second-order valence-corrected chi connectivity index (χ2v) is 6.21. The van der Waals surface area contributed by atoms with Gasteiger partial charge in [0.25, 0.3) is 5.56 Å². The van der Waals surface area contributed by atoms with E-state index in [0.717, 1.165) is 29.3 Å². The smallest absolute Gasteiger partial charge is 0.272 e. The molecule has 0 saturated heterocycles. The molecule has 1 aliphatic carbocycles. The van der Waals surface area contributed by atoms with Gasteiger partial charge in [-0.25, -0.2) is 0 Å². The zero-order valence-corrected chi connectivity index (χ0v) is 12.5. The Labute approximate surface area is 120 Å². The number of rotatable bonds is 5. The summed E-state index contributed by atoms with van der Waals surface area (Å²) in [5.74, 6) is 0. The van der Waals surface area contributed by atoms with Gasteiger partial charge in [0.1, 0.15) is 4.70 Å². The Morgan fingerprint density at radius 2 is 2.37 bits per heavy atom. The number of aromatic amines is 1. The first-order valence-electron chi connectivity index (χ1n) is 6.65. The van der Waals surface area contributed by atoms with Crippen molar-refractivity contribution < 1.29 is 0 Å². The van der Waals surface area contributed by atoms with Crippen molar-refractivity contribution in [2.45, 2.75) is 32.4 Å². The molecule has 0 aliphatic heterocycles. The van der Waals surface area contributed by atoms with Gasteiger partial charge in [-0.15, -0.1) is 11.3 Å². The lowest BCUT2D eigenvalue weighted by molar-refractivity contribution is 0.264.